The molecule has 1 aromatic rings. The minimum Gasteiger partial charge on any atom is -0.396 e. The van der Waals surface area contributed by atoms with Gasteiger partial charge in [0, 0.05) is 0 Å². The van der Waals surface area contributed by atoms with Gasteiger partial charge < -0.3 is 5.73 Å². The molecule has 2 N–H and O–H groups in total. The summed E-state index contributed by atoms with van der Waals surface area (Å²) in [5, 5.41) is 0. The number of hydrogen-bond donors (Lipinski definition) is 1. The highest BCUT2D eigenvalue weighted by Crippen LogP contribution is 2.26. The van der Waals surface area contributed by atoms with Crippen LogP contribution in [-0.4, -0.2) is 0 Å². The SMILES string of the molecule is CC1=CC=C=CC(c2cc(F)c(N)cc2C)=C1. The van der Waals surface area contributed by atoms with E-state index in [0.717, 1.165) is 22.3 Å². The lowest BCUT2D eigenvalue weighted by Crippen LogP contribution is -1.95. The summed E-state index contributed by atoms with van der Waals surface area (Å²) < 4.78 is 13.5. The maximum Gasteiger partial charge on any atom is 0.146 e. The van der Waals surface area contributed by atoms with Crippen molar-refractivity contribution in [1.82, 2.24) is 0 Å². The molecule has 0 fully saturated rings. The topological polar surface area (TPSA) is 26.0 Å². The molecule has 0 unspecified atom stereocenters. The summed E-state index contributed by atoms with van der Waals surface area (Å²) in [6.45, 7) is 3.92. The number of halogens is 1. The van der Waals surface area contributed by atoms with Crippen molar-refractivity contribution in [2.45, 2.75) is 13.8 Å². The fourth-order valence-corrected chi connectivity index (χ4v) is 1.82. The first-order valence-corrected chi connectivity index (χ1v) is 5.45. The van der Waals surface area contributed by atoms with Crippen LogP contribution in [0.1, 0.15) is 18.1 Å². The molecular formula is C15H14FN. The Morgan fingerprint density at radius 1 is 1.24 bits per heavy atom. The molecular weight excluding hydrogens is 213 g/mol. The first-order valence-electron chi connectivity index (χ1n) is 5.45. The van der Waals surface area contributed by atoms with Crippen LogP contribution in [0, 0.1) is 12.7 Å². The number of rotatable bonds is 1. The molecule has 0 amide bonds. The first kappa shape index (κ1) is 11.4. The van der Waals surface area contributed by atoms with Gasteiger partial charge in [0.1, 0.15) is 5.82 Å². The molecule has 2 heteroatoms. The molecule has 1 aliphatic rings. The van der Waals surface area contributed by atoms with Crippen LogP contribution in [0.25, 0.3) is 5.57 Å². The van der Waals surface area contributed by atoms with Crippen LogP contribution in [0.3, 0.4) is 0 Å². The Balaban J connectivity index is 2.59. The number of allylic oxidation sites excluding steroid dienone is 5. The van der Waals surface area contributed by atoms with Gasteiger partial charge >= 0.3 is 0 Å². The molecule has 0 radical (unpaired) electrons. The van der Waals surface area contributed by atoms with Crippen LogP contribution in [0.5, 0.6) is 0 Å². The predicted octanol–water partition coefficient (Wildman–Crippen LogP) is 3.77. The zero-order valence-corrected chi connectivity index (χ0v) is 9.92. The van der Waals surface area contributed by atoms with Crippen molar-refractivity contribution in [3.8, 4) is 0 Å². The summed E-state index contributed by atoms with van der Waals surface area (Å²) in [6.07, 6.45) is 7.67. The van der Waals surface area contributed by atoms with Crippen LogP contribution in [0.4, 0.5) is 10.1 Å². The van der Waals surface area contributed by atoms with E-state index < -0.39 is 0 Å². The van der Waals surface area contributed by atoms with Crippen molar-refractivity contribution < 1.29 is 4.39 Å². The van der Waals surface area contributed by atoms with Gasteiger partial charge in [0.25, 0.3) is 0 Å². The Hall–Kier alpha value is -2.05. The molecule has 1 aliphatic carbocycles. The third kappa shape index (κ3) is 2.38. The van der Waals surface area contributed by atoms with Crippen LogP contribution >= 0.6 is 0 Å². The molecule has 0 saturated heterocycles. The Morgan fingerprint density at radius 3 is 2.76 bits per heavy atom. The Kier molecular flexibility index (Phi) is 2.99. The van der Waals surface area contributed by atoms with E-state index in [1.165, 1.54) is 6.07 Å². The van der Waals surface area contributed by atoms with Crippen molar-refractivity contribution in [1.29, 1.82) is 0 Å². The predicted molar refractivity (Wildman–Crippen MR) is 69.9 cm³/mol. The first-order chi connectivity index (χ1) is 8.08. The van der Waals surface area contributed by atoms with Crippen molar-refractivity contribution in [3.63, 3.8) is 0 Å². The summed E-state index contributed by atoms with van der Waals surface area (Å²) in [7, 11) is 0. The Morgan fingerprint density at radius 2 is 2.00 bits per heavy atom. The minimum atomic E-state index is -0.380. The number of hydrogen-bond acceptors (Lipinski definition) is 1. The summed E-state index contributed by atoms with van der Waals surface area (Å²) in [5.41, 5.74) is 12.6. The summed E-state index contributed by atoms with van der Waals surface area (Å²) in [5.74, 6) is -0.380. The van der Waals surface area contributed by atoms with Crippen molar-refractivity contribution in [2.24, 2.45) is 0 Å². The monoisotopic (exact) mass is 227 g/mol. The number of benzene rings is 1. The van der Waals surface area contributed by atoms with Gasteiger partial charge in [0.15, 0.2) is 0 Å². The zero-order chi connectivity index (χ0) is 12.4. The van der Waals surface area contributed by atoms with E-state index in [1.54, 1.807) is 6.07 Å². The molecule has 1 nitrogen and oxygen atoms in total. The third-order valence-electron chi connectivity index (χ3n) is 2.72. The van der Waals surface area contributed by atoms with Gasteiger partial charge in [-0.3, -0.25) is 0 Å². The number of anilines is 1. The van der Waals surface area contributed by atoms with E-state index in [2.05, 4.69) is 5.73 Å². The minimum absolute atomic E-state index is 0.187. The average molecular weight is 227 g/mol. The molecule has 0 aromatic heterocycles. The van der Waals surface area contributed by atoms with Gasteiger partial charge in [0.05, 0.1) is 5.69 Å². The second-order valence-electron chi connectivity index (χ2n) is 4.18. The smallest absolute Gasteiger partial charge is 0.146 e. The fraction of sp³-hybridized carbons (Fsp3) is 0.133. The van der Waals surface area contributed by atoms with E-state index in [1.807, 2.05) is 38.2 Å². The largest absolute Gasteiger partial charge is 0.396 e. The lowest BCUT2D eigenvalue weighted by atomic mass is 9.98. The maximum atomic E-state index is 13.5. The van der Waals surface area contributed by atoms with Gasteiger partial charge in [0.2, 0.25) is 0 Å². The molecule has 0 atom stereocenters. The molecule has 0 heterocycles. The standard InChI is InChI=1S/C15H14FN/c1-10-5-3-4-6-12(7-10)13-9-14(16)15(17)8-11(13)2/h3,5-9H,17H2,1-2H3. The molecule has 0 bridgehead atoms. The van der Waals surface area contributed by atoms with E-state index >= 15 is 0 Å². The van der Waals surface area contributed by atoms with Crippen LogP contribution in [0.2, 0.25) is 0 Å². The fourth-order valence-electron chi connectivity index (χ4n) is 1.82. The Bertz CT molecular complexity index is 585. The number of aryl methyl sites for hydroxylation is 1. The van der Waals surface area contributed by atoms with Gasteiger partial charge in [-0.15, -0.1) is 5.73 Å². The highest BCUT2D eigenvalue weighted by molar-refractivity contribution is 5.79. The molecule has 0 spiro atoms. The normalized spacial score (nSPS) is 14.3. The molecule has 86 valence electrons. The van der Waals surface area contributed by atoms with E-state index in [9.17, 15) is 4.39 Å². The lowest BCUT2D eigenvalue weighted by molar-refractivity contribution is 0.631. The second kappa shape index (κ2) is 4.44. The molecule has 17 heavy (non-hydrogen) atoms. The molecule has 0 aliphatic heterocycles. The van der Waals surface area contributed by atoms with Crippen molar-refractivity contribution in [3.05, 3.63) is 64.7 Å². The average Bonchev–Trinajstić information content (AvgIpc) is 2.48. The molecule has 2 rings (SSSR count). The highest BCUT2D eigenvalue weighted by Gasteiger charge is 2.08. The van der Waals surface area contributed by atoms with Crippen molar-refractivity contribution >= 4 is 11.3 Å². The van der Waals surface area contributed by atoms with Crippen molar-refractivity contribution in [2.75, 3.05) is 5.73 Å². The zero-order valence-electron chi connectivity index (χ0n) is 9.92. The van der Waals surface area contributed by atoms with Crippen LogP contribution in [-0.2, 0) is 0 Å². The summed E-state index contributed by atoms with van der Waals surface area (Å²) in [4.78, 5) is 0. The highest BCUT2D eigenvalue weighted by atomic mass is 19.1. The number of nitrogens with two attached hydrogens (primary N) is 1. The quantitative estimate of drug-likeness (QED) is 0.573. The molecule has 0 saturated carbocycles. The summed E-state index contributed by atoms with van der Waals surface area (Å²) >= 11 is 0. The van der Waals surface area contributed by atoms with Gasteiger partial charge in [-0.2, -0.15) is 0 Å². The second-order valence-corrected chi connectivity index (χ2v) is 4.18. The van der Waals surface area contributed by atoms with Gasteiger partial charge in [-0.05, 0) is 60.4 Å². The lowest BCUT2D eigenvalue weighted by Gasteiger charge is -2.08. The van der Waals surface area contributed by atoms with Crippen LogP contribution in [0.15, 0.2) is 47.7 Å². The van der Waals surface area contributed by atoms with E-state index in [-0.39, 0.29) is 11.5 Å². The molecule has 1 aromatic carbocycles. The van der Waals surface area contributed by atoms with Gasteiger partial charge in [-0.1, -0.05) is 12.2 Å². The van der Waals surface area contributed by atoms with E-state index in [0.29, 0.717) is 0 Å². The van der Waals surface area contributed by atoms with Gasteiger partial charge in [-0.25, -0.2) is 4.39 Å². The van der Waals surface area contributed by atoms with E-state index in [4.69, 9.17) is 5.73 Å². The number of nitrogen functional groups attached to an aromatic ring is 1. The Labute approximate surface area is 100 Å². The third-order valence-corrected chi connectivity index (χ3v) is 2.72. The maximum absolute atomic E-state index is 13.5. The van der Waals surface area contributed by atoms with Crippen LogP contribution < -0.4 is 5.73 Å². The summed E-state index contributed by atoms with van der Waals surface area (Å²) in [6, 6.07) is 3.14.